The average Bonchev–Trinajstić information content (AvgIpc) is 2.31. The van der Waals surface area contributed by atoms with Crippen molar-refractivity contribution in [2.45, 2.75) is 0 Å². The molecule has 1 amide bonds. The fraction of sp³-hybridized carbons (Fsp3) is 0.364. The molecule has 0 radical (unpaired) electrons. The summed E-state index contributed by atoms with van der Waals surface area (Å²) in [5, 5.41) is 17.8. The summed E-state index contributed by atoms with van der Waals surface area (Å²) in [5.41, 5.74) is 0.541. The summed E-state index contributed by atoms with van der Waals surface area (Å²) < 4.78 is 1.67. The summed E-state index contributed by atoms with van der Waals surface area (Å²) in [6.07, 6.45) is 0. The molecule has 1 aromatic rings. The van der Waals surface area contributed by atoms with E-state index < -0.39 is 0 Å². The van der Waals surface area contributed by atoms with Crippen molar-refractivity contribution in [3.8, 4) is 0 Å². The highest BCUT2D eigenvalue weighted by atomic mass is 127. The van der Waals surface area contributed by atoms with Crippen LogP contribution in [0, 0.1) is 3.57 Å². The van der Waals surface area contributed by atoms with Crippen LogP contribution < -0.4 is 0 Å². The number of amides is 1. The SMILES string of the molecule is O=C(c1cc(I)ccc1Br)N(CCO)CCO. The molecule has 0 unspecified atom stereocenters. The largest absolute Gasteiger partial charge is 0.395 e. The highest BCUT2D eigenvalue weighted by Crippen LogP contribution is 2.21. The van der Waals surface area contributed by atoms with Gasteiger partial charge in [-0.1, -0.05) is 0 Å². The molecule has 0 saturated carbocycles. The first kappa shape index (κ1) is 14.9. The van der Waals surface area contributed by atoms with Gasteiger partial charge < -0.3 is 15.1 Å². The van der Waals surface area contributed by atoms with E-state index in [0.717, 1.165) is 3.57 Å². The standard InChI is InChI=1S/C11H13BrINO3/c12-10-2-1-8(13)7-9(10)11(17)14(3-5-15)4-6-16/h1-2,7,15-16H,3-6H2. The minimum absolute atomic E-state index is 0.118. The maximum absolute atomic E-state index is 12.2. The van der Waals surface area contributed by atoms with Crippen molar-refractivity contribution in [3.05, 3.63) is 31.8 Å². The summed E-state index contributed by atoms with van der Waals surface area (Å²) in [7, 11) is 0. The van der Waals surface area contributed by atoms with E-state index >= 15 is 0 Å². The molecule has 2 N–H and O–H groups in total. The molecule has 94 valence electrons. The molecule has 0 fully saturated rings. The Morgan fingerprint density at radius 3 is 2.41 bits per heavy atom. The van der Waals surface area contributed by atoms with Gasteiger partial charge in [0.05, 0.1) is 18.8 Å². The van der Waals surface area contributed by atoms with Gasteiger partial charge in [0.2, 0.25) is 0 Å². The van der Waals surface area contributed by atoms with Crippen molar-refractivity contribution in [3.63, 3.8) is 0 Å². The van der Waals surface area contributed by atoms with Gasteiger partial charge in [-0.05, 0) is 56.7 Å². The van der Waals surface area contributed by atoms with E-state index in [9.17, 15) is 4.79 Å². The molecular weight excluding hydrogens is 401 g/mol. The maximum atomic E-state index is 12.2. The Morgan fingerprint density at radius 1 is 1.29 bits per heavy atom. The fourth-order valence-corrected chi connectivity index (χ4v) is 2.30. The summed E-state index contributed by atoms with van der Waals surface area (Å²) in [6.45, 7) is 0.204. The molecule has 0 heterocycles. The van der Waals surface area contributed by atoms with Gasteiger partial charge in [0.15, 0.2) is 0 Å². The molecule has 0 aliphatic carbocycles. The van der Waals surface area contributed by atoms with Crippen LogP contribution in [0.15, 0.2) is 22.7 Å². The van der Waals surface area contributed by atoms with Crippen LogP contribution in [0.25, 0.3) is 0 Å². The third kappa shape index (κ3) is 4.20. The minimum atomic E-state index is -0.196. The van der Waals surface area contributed by atoms with E-state index in [1.54, 1.807) is 6.07 Å². The summed E-state index contributed by atoms with van der Waals surface area (Å²) in [6, 6.07) is 5.48. The van der Waals surface area contributed by atoms with E-state index in [1.807, 2.05) is 12.1 Å². The molecule has 0 aromatic heterocycles. The lowest BCUT2D eigenvalue weighted by Crippen LogP contribution is -2.36. The predicted octanol–water partition coefficient (Wildman–Crippen LogP) is 1.48. The van der Waals surface area contributed by atoms with E-state index in [2.05, 4.69) is 38.5 Å². The Balaban J connectivity index is 2.95. The Labute approximate surface area is 122 Å². The summed E-state index contributed by atoms with van der Waals surface area (Å²) in [4.78, 5) is 13.6. The van der Waals surface area contributed by atoms with Crippen LogP contribution >= 0.6 is 38.5 Å². The van der Waals surface area contributed by atoms with Crippen molar-refractivity contribution in [1.82, 2.24) is 4.90 Å². The molecule has 1 rings (SSSR count). The van der Waals surface area contributed by atoms with Gasteiger partial charge in [-0.3, -0.25) is 4.79 Å². The number of carbonyl (C=O) groups excluding carboxylic acids is 1. The number of nitrogens with zero attached hydrogens (tertiary/aromatic N) is 1. The molecule has 0 bridgehead atoms. The van der Waals surface area contributed by atoms with Gasteiger partial charge >= 0.3 is 0 Å². The Morgan fingerprint density at radius 2 is 1.88 bits per heavy atom. The van der Waals surface area contributed by atoms with Crippen LogP contribution in [-0.2, 0) is 0 Å². The molecule has 0 atom stereocenters. The van der Waals surface area contributed by atoms with Gasteiger partial charge in [0.1, 0.15) is 0 Å². The zero-order chi connectivity index (χ0) is 12.8. The van der Waals surface area contributed by atoms with E-state index in [-0.39, 0.29) is 32.2 Å². The molecule has 0 aliphatic heterocycles. The Hall–Kier alpha value is -0.180. The lowest BCUT2D eigenvalue weighted by molar-refractivity contribution is 0.0684. The Kier molecular flexibility index (Phi) is 6.39. The van der Waals surface area contributed by atoms with Crippen LogP contribution in [-0.4, -0.2) is 47.3 Å². The minimum Gasteiger partial charge on any atom is -0.395 e. The molecule has 17 heavy (non-hydrogen) atoms. The second-order valence-electron chi connectivity index (χ2n) is 3.36. The van der Waals surface area contributed by atoms with Crippen molar-refractivity contribution >= 4 is 44.4 Å². The zero-order valence-electron chi connectivity index (χ0n) is 9.07. The van der Waals surface area contributed by atoms with Crippen molar-refractivity contribution in [2.24, 2.45) is 0 Å². The van der Waals surface area contributed by atoms with Gasteiger partial charge in [-0.25, -0.2) is 0 Å². The smallest absolute Gasteiger partial charge is 0.255 e. The zero-order valence-corrected chi connectivity index (χ0v) is 12.8. The molecule has 0 aliphatic rings. The van der Waals surface area contributed by atoms with Gasteiger partial charge in [0.25, 0.3) is 5.91 Å². The number of rotatable bonds is 5. The van der Waals surface area contributed by atoms with E-state index in [0.29, 0.717) is 10.0 Å². The third-order valence-electron chi connectivity index (χ3n) is 2.19. The van der Waals surface area contributed by atoms with Gasteiger partial charge in [0, 0.05) is 21.1 Å². The normalized spacial score (nSPS) is 10.4. The van der Waals surface area contributed by atoms with Crippen LogP contribution in [0.3, 0.4) is 0 Å². The number of benzene rings is 1. The van der Waals surface area contributed by atoms with Gasteiger partial charge in [-0.15, -0.1) is 0 Å². The quantitative estimate of drug-likeness (QED) is 0.719. The topological polar surface area (TPSA) is 60.8 Å². The molecule has 0 spiro atoms. The lowest BCUT2D eigenvalue weighted by Gasteiger charge is -2.21. The number of hydrogen-bond donors (Lipinski definition) is 2. The number of aliphatic hydroxyl groups is 2. The van der Waals surface area contributed by atoms with E-state index in [1.165, 1.54) is 4.90 Å². The van der Waals surface area contributed by atoms with Crippen molar-refractivity contribution in [1.29, 1.82) is 0 Å². The number of carbonyl (C=O) groups is 1. The first-order chi connectivity index (χ1) is 8.10. The third-order valence-corrected chi connectivity index (χ3v) is 3.55. The molecular formula is C11H13BrINO3. The van der Waals surface area contributed by atoms with E-state index in [4.69, 9.17) is 10.2 Å². The first-order valence-corrected chi connectivity index (χ1v) is 6.93. The summed E-state index contributed by atoms with van der Waals surface area (Å²) in [5.74, 6) is -0.196. The predicted molar refractivity (Wildman–Crippen MR) is 76.9 cm³/mol. The lowest BCUT2D eigenvalue weighted by atomic mass is 10.2. The summed E-state index contributed by atoms with van der Waals surface area (Å²) >= 11 is 5.46. The molecule has 4 nitrogen and oxygen atoms in total. The maximum Gasteiger partial charge on any atom is 0.255 e. The van der Waals surface area contributed by atoms with Crippen molar-refractivity contribution < 1.29 is 15.0 Å². The Bertz CT molecular complexity index is 394. The average molecular weight is 414 g/mol. The number of halogens is 2. The van der Waals surface area contributed by atoms with Gasteiger partial charge in [-0.2, -0.15) is 0 Å². The van der Waals surface area contributed by atoms with Crippen LogP contribution in [0.1, 0.15) is 10.4 Å². The number of aliphatic hydroxyl groups excluding tert-OH is 2. The second-order valence-corrected chi connectivity index (χ2v) is 5.46. The number of hydrogen-bond acceptors (Lipinski definition) is 3. The highest BCUT2D eigenvalue weighted by molar-refractivity contribution is 14.1. The van der Waals surface area contributed by atoms with Crippen molar-refractivity contribution in [2.75, 3.05) is 26.3 Å². The van der Waals surface area contributed by atoms with Crippen LogP contribution in [0.4, 0.5) is 0 Å². The van der Waals surface area contributed by atoms with Crippen LogP contribution in [0.2, 0.25) is 0 Å². The second kappa shape index (κ2) is 7.30. The molecule has 0 saturated heterocycles. The molecule has 6 heteroatoms. The fourth-order valence-electron chi connectivity index (χ4n) is 1.39. The first-order valence-electron chi connectivity index (χ1n) is 5.06. The molecule has 1 aromatic carbocycles. The van der Waals surface area contributed by atoms with Crippen LogP contribution in [0.5, 0.6) is 0 Å². The highest BCUT2D eigenvalue weighted by Gasteiger charge is 2.17. The monoisotopic (exact) mass is 413 g/mol.